The Morgan fingerprint density at radius 3 is 2.33 bits per heavy atom. The molecule has 0 bridgehead atoms. The quantitative estimate of drug-likeness (QED) is 0.136. The fourth-order valence-electron chi connectivity index (χ4n) is 6.19. The largest absolute Gasteiger partial charge is 0.473 e. The number of aromatic nitrogens is 4. The van der Waals surface area contributed by atoms with Crippen molar-refractivity contribution in [2.24, 2.45) is 10.4 Å². The molecule has 4 aromatic rings. The predicted molar refractivity (Wildman–Crippen MR) is 192 cm³/mol. The van der Waals surface area contributed by atoms with Gasteiger partial charge in [-0.1, -0.05) is 85.9 Å². The van der Waals surface area contributed by atoms with E-state index in [2.05, 4.69) is 30.7 Å². The minimum atomic E-state index is -5.43. The summed E-state index contributed by atoms with van der Waals surface area (Å²) in [6.45, 7) is 1.89. The number of carbonyl (C=O) groups excluding carboxylic acids is 3. The zero-order valence-corrected chi connectivity index (χ0v) is 31.4. The first-order valence-corrected chi connectivity index (χ1v) is 17.8. The summed E-state index contributed by atoms with van der Waals surface area (Å²) in [4.78, 5) is 51.7. The number of alkyl carbamates (subject to hydrolysis) is 1. The van der Waals surface area contributed by atoms with Gasteiger partial charge in [-0.3, -0.25) is 14.5 Å². The van der Waals surface area contributed by atoms with Gasteiger partial charge in [0.05, 0.1) is 17.3 Å². The van der Waals surface area contributed by atoms with Crippen molar-refractivity contribution < 1.29 is 41.1 Å². The maximum Gasteiger partial charge on any atom is 0.473 e. The lowest BCUT2D eigenvalue weighted by molar-refractivity contribution is -0.169. The third kappa shape index (κ3) is 8.73. The molecule has 3 amide bonds. The van der Waals surface area contributed by atoms with Crippen LogP contribution in [0.5, 0.6) is 0 Å². The van der Waals surface area contributed by atoms with Crippen molar-refractivity contribution in [3.8, 4) is 22.5 Å². The summed E-state index contributed by atoms with van der Waals surface area (Å²) in [6.07, 6.45) is -2.51. The lowest BCUT2D eigenvalue weighted by Gasteiger charge is -2.35. The molecule has 292 valence electrons. The molecule has 12 nitrogen and oxygen atoms in total. The van der Waals surface area contributed by atoms with E-state index in [1.807, 2.05) is 0 Å². The number of hydrogen-bond donors (Lipinski definition) is 3. The highest BCUT2D eigenvalue weighted by Crippen LogP contribution is 2.44. The first kappa shape index (κ1) is 39.9. The molecule has 2 aromatic carbocycles. The fraction of sp³-hybridized carbons (Fsp3) is 0.371. The van der Waals surface area contributed by atoms with Gasteiger partial charge < -0.3 is 20.4 Å². The van der Waals surface area contributed by atoms with Crippen molar-refractivity contribution in [2.45, 2.75) is 70.4 Å². The van der Waals surface area contributed by atoms with Crippen molar-refractivity contribution in [1.82, 2.24) is 35.3 Å². The number of amides is 3. The van der Waals surface area contributed by atoms with E-state index in [0.717, 1.165) is 23.9 Å². The van der Waals surface area contributed by atoms with E-state index in [1.165, 1.54) is 48.7 Å². The number of aromatic amines is 1. The van der Waals surface area contributed by atoms with Crippen LogP contribution in [0.3, 0.4) is 0 Å². The van der Waals surface area contributed by atoms with Gasteiger partial charge in [0.15, 0.2) is 5.15 Å². The number of hydrogen-bond acceptors (Lipinski definition) is 6. The second kappa shape index (κ2) is 15.1. The Hall–Kier alpha value is -4.74. The number of guanidine groups is 1. The second-order valence-corrected chi connectivity index (χ2v) is 15.4. The molecular formula is C35H32Cl3F5N8O4. The van der Waals surface area contributed by atoms with Crippen LogP contribution in [0.2, 0.25) is 15.3 Å². The van der Waals surface area contributed by atoms with E-state index < -0.39 is 60.2 Å². The van der Waals surface area contributed by atoms with Crippen LogP contribution in [-0.2, 0) is 19.9 Å². The Morgan fingerprint density at radius 2 is 1.76 bits per heavy atom. The molecule has 1 saturated carbocycles. The molecule has 3 heterocycles. The van der Waals surface area contributed by atoms with Crippen molar-refractivity contribution in [1.29, 1.82) is 0 Å². The summed E-state index contributed by atoms with van der Waals surface area (Å²) in [5, 5.41) is 9.23. The van der Waals surface area contributed by atoms with Crippen LogP contribution in [0.1, 0.15) is 63.8 Å². The lowest BCUT2D eigenvalue weighted by Crippen LogP contribution is -2.47. The summed E-state index contributed by atoms with van der Waals surface area (Å²) >= 11 is 18.7. The molecule has 2 aromatic heterocycles. The summed E-state index contributed by atoms with van der Waals surface area (Å²) < 4.78 is 74.0. The zero-order valence-electron chi connectivity index (χ0n) is 29.1. The van der Waals surface area contributed by atoms with Crippen LogP contribution >= 0.6 is 34.8 Å². The fourth-order valence-corrected chi connectivity index (χ4v) is 6.66. The molecule has 6 rings (SSSR count). The number of H-pyrrole nitrogens is 1. The van der Waals surface area contributed by atoms with Crippen molar-refractivity contribution in [3.05, 3.63) is 81.3 Å². The minimum absolute atomic E-state index is 0.00499. The van der Waals surface area contributed by atoms with Crippen molar-refractivity contribution >= 4 is 58.7 Å². The normalized spacial score (nSPS) is 18.9. The van der Waals surface area contributed by atoms with E-state index in [9.17, 15) is 31.5 Å². The van der Waals surface area contributed by atoms with Crippen LogP contribution < -0.4 is 10.6 Å². The third-order valence-corrected chi connectivity index (χ3v) is 9.70. The maximum atomic E-state index is 15.2. The Kier molecular flexibility index (Phi) is 10.9. The topological polar surface area (TPSA) is 147 Å². The molecule has 2 aliphatic rings. The van der Waals surface area contributed by atoms with Crippen LogP contribution in [0.25, 0.3) is 22.5 Å². The van der Waals surface area contributed by atoms with Gasteiger partial charge in [0.1, 0.15) is 23.1 Å². The molecule has 0 spiro atoms. The third-order valence-electron chi connectivity index (χ3n) is 8.73. The first-order chi connectivity index (χ1) is 25.8. The molecule has 55 heavy (non-hydrogen) atoms. The SMILES string of the molecule is CC(C)(C)C[C@]1(c2ccc(-c3cnn(C(F)F)c3)cc2)NC(=NC(=O)C(F)(F)F)N(C(COC(=O)NC2CC2)c2ccc(Cl)c(-c3nc(Cl)c(Cl)[nH]3)c2)C1=O. The molecule has 2 atom stereocenters. The lowest BCUT2D eigenvalue weighted by atomic mass is 9.75. The number of aliphatic imine (C=N–C) groups is 1. The van der Waals surface area contributed by atoms with E-state index in [1.54, 1.807) is 20.8 Å². The highest BCUT2D eigenvalue weighted by Gasteiger charge is 2.56. The Balaban J connectivity index is 1.50. The van der Waals surface area contributed by atoms with Gasteiger partial charge in [0, 0.05) is 23.4 Å². The van der Waals surface area contributed by atoms with E-state index in [4.69, 9.17) is 39.5 Å². The van der Waals surface area contributed by atoms with Gasteiger partial charge in [-0.05, 0) is 53.5 Å². The van der Waals surface area contributed by atoms with E-state index in [0.29, 0.717) is 15.8 Å². The Bertz CT molecular complexity index is 2130. The molecule has 1 saturated heterocycles. The summed E-state index contributed by atoms with van der Waals surface area (Å²) in [7, 11) is 0. The average Bonchev–Trinajstić information content (AvgIpc) is 3.53. The number of halogens is 8. The number of rotatable bonds is 10. The van der Waals surface area contributed by atoms with Crippen molar-refractivity contribution in [2.75, 3.05) is 6.61 Å². The van der Waals surface area contributed by atoms with Gasteiger partial charge in [0.2, 0.25) is 5.96 Å². The molecule has 1 aliphatic carbocycles. The first-order valence-electron chi connectivity index (χ1n) is 16.6. The number of imidazole rings is 1. The zero-order chi connectivity index (χ0) is 40.0. The predicted octanol–water partition coefficient (Wildman–Crippen LogP) is 8.43. The maximum absolute atomic E-state index is 15.2. The van der Waals surface area contributed by atoms with Gasteiger partial charge in [-0.25, -0.2) is 14.5 Å². The summed E-state index contributed by atoms with van der Waals surface area (Å²) in [5.74, 6) is -4.00. The van der Waals surface area contributed by atoms with Crippen molar-refractivity contribution in [3.63, 3.8) is 0 Å². The number of benzene rings is 2. The van der Waals surface area contributed by atoms with Gasteiger partial charge in [-0.2, -0.15) is 32.0 Å². The molecular weight excluding hydrogens is 798 g/mol. The molecule has 1 unspecified atom stereocenters. The number of alkyl halides is 5. The molecule has 3 N–H and O–H groups in total. The van der Waals surface area contributed by atoms with Gasteiger partial charge in [0.25, 0.3) is 5.91 Å². The monoisotopic (exact) mass is 828 g/mol. The molecule has 20 heteroatoms. The number of ether oxygens (including phenoxy) is 1. The highest BCUT2D eigenvalue weighted by atomic mass is 35.5. The Morgan fingerprint density at radius 1 is 1.07 bits per heavy atom. The van der Waals surface area contributed by atoms with E-state index in [-0.39, 0.29) is 50.3 Å². The van der Waals surface area contributed by atoms with Crippen LogP contribution in [0, 0.1) is 5.41 Å². The number of nitrogens with one attached hydrogen (secondary N) is 3. The van der Waals surface area contributed by atoms with Gasteiger partial charge in [-0.15, -0.1) is 0 Å². The average molecular weight is 830 g/mol. The highest BCUT2D eigenvalue weighted by molar-refractivity contribution is 6.40. The smallest absolute Gasteiger partial charge is 0.447 e. The Labute approximate surface area is 325 Å². The van der Waals surface area contributed by atoms with E-state index >= 15 is 4.79 Å². The molecule has 2 fully saturated rings. The summed E-state index contributed by atoms with van der Waals surface area (Å²) in [6, 6.07) is 8.90. The summed E-state index contributed by atoms with van der Waals surface area (Å²) in [5.41, 5.74) is -1.13. The van der Waals surface area contributed by atoms with Crippen LogP contribution in [-0.4, -0.2) is 67.3 Å². The number of carbonyl (C=O) groups is 3. The second-order valence-electron chi connectivity index (χ2n) is 14.2. The minimum Gasteiger partial charge on any atom is -0.447 e. The van der Waals surface area contributed by atoms with Crippen LogP contribution in [0.4, 0.5) is 26.7 Å². The number of nitrogens with zero attached hydrogens (tertiary/aromatic N) is 5. The molecule has 1 aliphatic heterocycles. The standard InChI is InChI=1S/C35H32Cl3F5N8O4/c1-33(2,3)16-34(20-7-4-17(5-8-20)19-13-44-50(14-19)30(39)40)29(53)51(31(49-34)48-28(52)35(41,42)43)24(15-55-32(54)45-21-9-10-21)18-6-11-23(36)22(12-18)27-46-25(37)26(38)47-27/h4-8,11-14,21,24,30H,9-10,15-16H2,1-3H3,(H,45,54)(H,46,47)(H,48,49,52)/t24?,34-/m1/s1. The molecule has 0 radical (unpaired) electrons. The van der Waals surface area contributed by atoms with Gasteiger partial charge >= 0.3 is 24.7 Å². The van der Waals surface area contributed by atoms with Crippen LogP contribution in [0.15, 0.2) is 59.9 Å².